The highest BCUT2D eigenvalue weighted by Crippen LogP contribution is 2.26. The van der Waals surface area contributed by atoms with Crippen LogP contribution in [0.25, 0.3) is 0 Å². The van der Waals surface area contributed by atoms with Crippen LogP contribution in [0.2, 0.25) is 0 Å². The van der Waals surface area contributed by atoms with Crippen molar-refractivity contribution < 1.29 is 24.2 Å². The fraction of sp³-hybridized carbons (Fsp3) is 0.786. The zero-order chi connectivity index (χ0) is 15.6. The van der Waals surface area contributed by atoms with Gasteiger partial charge in [-0.25, -0.2) is 4.79 Å². The lowest BCUT2D eigenvalue weighted by molar-refractivity contribution is -0.144. The van der Waals surface area contributed by atoms with Crippen LogP contribution in [0.1, 0.15) is 39.5 Å². The van der Waals surface area contributed by atoms with Gasteiger partial charge in [0.05, 0.1) is 25.2 Å². The van der Waals surface area contributed by atoms with Crippen LogP contribution in [0.4, 0.5) is 4.79 Å². The van der Waals surface area contributed by atoms with Gasteiger partial charge in [-0.1, -0.05) is 0 Å². The number of nitrogens with zero attached hydrogens (tertiary/aromatic N) is 1. The number of carbonyl (C=O) groups excluding carboxylic acids is 2. The van der Waals surface area contributed by atoms with Crippen LogP contribution in [-0.4, -0.2) is 52.7 Å². The largest absolute Gasteiger partial charge is 0.481 e. The number of urea groups is 1. The minimum atomic E-state index is -0.851. The Kier molecular flexibility index (Phi) is 4.51. The molecule has 7 heteroatoms. The summed E-state index contributed by atoms with van der Waals surface area (Å²) in [4.78, 5) is 35.7. The van der Waals surface area contributed by atoms with Crippen LogP contribution in [0.5, 0.6) is 0 Å². The van der Waals surface area contributed by atoms with E-state index in [9.17, 15) is 14.4 Å². The molecule has 2 N–H and O–H groups in total. The molecule has 0 spiro atoms. The van der Waals surface area contributed by atoms with Gasteiger partial charge in [0.25, 0.3) is 5.91 Å². The average Bonchev–Trinajstić information content (AvgIpc) is 2.61. The summed E-state index contributed by atoms with van der Waals surface area (Å²) in [5.41, 5.74) is -0.851. The molecular formula is C14H22N2O5. The van der Waals surface area contributed by atoms with Crippen LogP contribution in [-0.2, 0) is 14.3 Å². The third kappa shape index (κ3) is 3.53. The Morgan fingerprint density at radius 2 is 1.95 bits per heavy atom. The molecule has 1 aliphatic heterocycles. The van der Waals surface area contributed by atoms with E-state index >= 15 is 0 Å². The van der Waals surface area contributed by atoms with E-state index in [1.54, 1.807) is 13.8 Å². The molecule has 0 aromatic heterocycles. The number of ether oxygens (including phenoxy) is 1. The monoisotopic (exact) mass is 298 g/mol. The molecule has 0 bridgehead atoms. The van der Waals surface area contributed by atoms with Crippen molar-refractivity contribution in [2.75, 3.05) is 13.2 Å². The van der Waals surface area contributed by atoms with Crippen molar-refractivity contribution in [2.24, 2.45) is 5.92 Å². The highest BCUT2D eigenvalue weighted by molar-refractivity contribution is 6.06. The van der Waals surface area contributed by atoms with Crippen LogP contribution in [0, 0.1) is 5.92 Å². The third-order valence-corrected chi connectivity index (χ3v) is 4.14. The molecule has 3 amide bonds. The lowest BCUT2D eigenvalue weighted by Crippen LogP contribution is -2.40. The summed E-state index contributed by atoms with van der Waals surface area (Å²) in [6, 6.07) is -0.386. The summed E-state index contributed by atoms with van der Waals surface area (Å²) < 4.78 is 5.67. The molecule has 0 unspecified atom stereocenters. The maximum Gasteiger partial charge on any atom is 0.325 e. The smallest absolute Gasteiger partial charge is 0.325 e. The van der Waals surface area contributed by atoms with Gasteiger partial charge in [0.15, 0.2) is 0 Å². The summed E-state index contributed by atoms with van der Waals surface area (Å²) in [6.07, 6.45) is 2.69. The lowest BCUT2D eigenvalue weighted by atomic mass is 9.87. The Morgan fingerprint density at radius 3 is 2.43 bits per heavy atom. The number of imide groups is 1. The van der Waals surface area contributed by atoms with Crippen LogP contribution < -0.4 is 5.32 Å². The summed E-state index contributed by atoms with van der Waals surface area (Å²) in [7, 11) is 0. The van der Waals surface area contributed by atoms with Crippen molar-refractivity contribution in [1.29, 1.82) is 0 Å². The first-order valence-electron chi connectivity index (χ1n) is 7.30. The zero-order valence-corrected chi connectivity index (χ0v) is 12.4. The number of amides is 3. The van der Waals surface area contributed by atoms with E-state index in [1.807, 2.05) is 0 Å². The maximum atomic E-state index is 12.0. The fourth-order valence-electron chi connectivity index (χ4n) is 2.81. The predicted molar refractivity (Wildman–Crippen MR) is 73.7 cm³/mol. The quantitative estimate of drug-likeness (QED) is 0.737. The number of nitrogens with one attached hydrogen (secondary N) is 1. The number of hydrogen-bond donors (Lipinski definition) is 2. The van der Waals surface area contributed by atoms with Crippen molar-refractivity contribution in [1.82, 2.24) is 10.2 Å². The topological polar surface area (TPSA) is 95.9 Å². The molecule has 1 heterocycles. The number of rotatable bonds is 5. The molecule has 0 atom stereocenters. The Morgan fingerprint density at radius 1 is 1.33 bits per heavy atom. The second kappa shape index (κ2) is 6.01. The van der Waals surface area contributed by atoms with Gasteiger partial charge in [-0.05, 0) is 39.5 Å². The van der Waals surface area contributed by atoms with Crippen molar-refractivity contribution >= 4 is 17.9 Å². The fourth-order valence-corrected chi connectivity index (χ4v) is 2.81. The van der Waals surface area contributed by atoms with Crippen LogP contribution >= 0.6 is 0 Å². The summed E-state index contributed by atoms with van der Waals surface area (Å²) >= 11 is 0. The molecule has 118 valence electrons. The molecular weight excluding hydrogens is 276 g/mol. The van der Waals surface area contributed by atoms with Crippen molar-refractivity contribution in [2.45, 2.75) is 51.2 Å². The number of hydrogen-bond acceptors (Lipinski definition) is 4. The Hall–Kier alpha value is -1.63. The predicted octanol–water partition coefficient (Wildman–Crippen LogP) is 0.977. The molecule has 7 nitrogen and oxygen atoms in total. The lowest BCUT2D eigenvalue weighted by Gasteiger charge is -2.26. The zero-order valence-electron chi connectivity index (χ0n) is 12.4. The van der Waals surface area contributed by atoms with Crippen LogP contribution in [0.15, 0.2) is 0 Å². The first-order chi connectivity index (χ1) is 9.81. The standard InChI is InChI=1S/C14H22N2O5/c1-14(2)12(19)16(13(20)15-14)7-8-21-10-5-3-9(4-6-10)11(17)18/h9-10H,3-8H2,1-2H3,(H,15,20)(H,17,18). The second-order valence-corrected chi connectivity index (χ2v) is 6.19. The molecule has 1 saturated carbocycles. The van der Waals surface area contributed by atoms with E-state index in [2.05, 4.69) is 5.32 Å². The molecule has 2 aliphatic rings. The summed E-state index contributed by atoms with van der Waals surface area (Å²) in [6.45, 7) is 3.85. The van der Waals surface area contributed by atoms with Gasteiger partial charge >= 0.3 is 12.0 Å². The molecule has 2 rings (SSSR count). The highest BCUT2D eigenvalue weighted by Gasteiger charge is 2.43. The molecule has 21 heavy (non-hydrogen) atoms. The van der Waals surface area contributed by atoms with Crippen molar-refractivity contribution in [3.63, 3.8) is 0 Å². The summed E-state index contributed by atoms with van der Waals surface area (Å²) in [5, 5.41) is 11.5. The molecule has 0 aromatic carbocycles. The number of aliphatic carboxylic acids is 1. The molecule has 1 aliphatic carbocycles. The normalized spacial score (nSPS) is 28.6. The highest BCUT2D eigenvalue weighted by atomic mass is 16.5. The third-order valence-electron chi connectivity index (χ3n) is 4.14. The summed E-state index contributed by atoms with van der Waals surface area (Å²) in [5.74, 6) is -1.25. The van der Waals surface area contributed by atoms with Crippen molar-refractivity contribution in [3.8, 4) is 0 Å². The SMILES string of the molecule is CC1(C)NC(=O)N(CCOC2CCC(C(=O)O)CC2)C1=O. The molecule has 0 aromatic rings. The molecule has 2 fully saturated rings. The Bertz CT molecular complexity index is 441. The number of carboxylic acids is 1. The van der Waals surface area contributed by atoms with E-state index < -0.39 is 11.5 Å². The van der Waals surface area contributed by atoms with Crippen LogP contribution in [0.3, 0.4) is 0 Å². The number of carbonyl (C=O) groups is 3. The maximum absolute atomic E-state index is 12.0. The minimum absolute atomic E-state index is 0.0226. The van der Waals surface area contributed by atoms with Gasteiger partial charge < -0.3 is 15.2 Å². The van der Waals surface area contributed by atoms with Gasteiger partial charge in [-0.3, -0.25) is 14.5 Å². The van der Waals surface area contributed by atoms with E-state index in [0.717, 1.165) is 0 Å². The van der Waals surface area contributed by atoms with E-state index in [-0.39, 0.29) is 37.1 Å². The van der Waals surface area contributed by atoms with Gasteiger partial charge in [0.1, 0.15) is 5.54 Å². The molecule has 0 radical (unpaired) electrons. The first-order valence-corrected chi connectivity index (χ1v) is 7.30. The minimum Gasteiger partial charge on any atom is -0.481 e. The van der Waals surface area contributed by atoms with Gasteiger partial charge in [-0.15, -0.1) is 0 Å². The van der Waals surface area contributed by atoms with Gasteiger partial charge in [0.2, 0.25) is 0 Å². The van der Waals surface area contributed by atoms with Gasteiger partial charge in [-0.2, -0.15) is 0 Å². The van der Waals surface area contributed by atoms with Gasteiger partial charge in [0, 0.05) is 0 Å². The van der Waals surface area contributed by atoms with E-state index in [1.165, 1.54) is 4.90 Å². The molecule has 1 saturated heterocycles. The number of carboxylic acid groups (broad SMARTS) is 1. The average molecular weight is 298 g/mol. The second-order valence-electron chi connectivity index (χ2n) is 6.19. The Balaban J connectivity index is 1.72. The Labute approximate surface area is 123 Å². The van der Waals surface area contributed by atoms with Crippen molar-refractivity contribution in [3.05, 3.63) is 0 Å². The van der Waals surface area contributed by atoms with E-state index in [0.29, 0.717) is 25.7 Å². The van der Waals surface area contributed by atoms with E-state index in [4.69, 9.17) is 9.84 Å². The first kappa shape index (κ1) is 15.8.